The van der Waals surface area contributed by atoms with Crippen LogP contribution in [0.1, 0.15) is 27.9 Å². The summed E-state index contributed by atoms with van der Waals surface area (Å²) < 4.78 is 0. The zero-order chi connectivity index (χ0) is 26.0. The monoisotopic (exact) mass is 486 g/mol. The van der Waals surface area contributed by atoms with Crippen molar-refractivity contribution < 1.29 is 44.1 Å². The van der Waals surface area contributed by atoms with E-state index in [1.54, 1.807) is 0 Å². The molecule has 186 valence electrons. The first-order chi connectivity index (χ1) is 16.4. The van der Waals surface area contributed by atoms with Crippen LogP contribution in [0.4, 0.5) is 0 Å². The zero-order valence-electron chi connectivity index (χ0n) is 19.2. The normalized spacial score (nSPS) is 32.2. The predicted octanol–water partition coefficient (Wildman–Crippen LogP) is -2.03. The Morgan fingerprint density at radius 2 is 1.80 bits per heavy atom. The van der Waals surface area contributed by atoms with Gasteiger partial charge in [-0.1, -0.05) is 6.07 Å². The maximum Gasteiger partial charge on any atom is 0.235 e. The Balaban J connectivity index is 1.85. The summed E-state index contributed by atoms with van der Waals surface area (Å²) in [6.45, 7) is -0.709. The van der Waals surface area contributed by atoms with Crippen molar-refractivity contribution in [2.75, 3.05) is 20.7 Å². The third kappa shape index (κ3) is 3.45. The minimum absolute atomic E-state index is 0.0638. The summed E-state index contributed by atoms with van der Waals surface area (Å²) in [5.74, 6) is -11.8. The number of carbonyl (C=O) groups excluding carboxylic acids is 6. The average Bonchev–Trinajstić information content (AvgIpc) is 2.77. The molecule has 11 heteroatoms. The molecule has 0 aliphatic heterocycles. The van der Waals surface area contributed by atoms with Gasteiger partial charge in [0.15, 0.2) is 40.4 Å². The van der Waals surface area contributed by atoms with E-state index in [4.69, 9.17) is 10.8 Å². The number of aliphatic hydroxyl groups is 2. The third-order valence-electron chi connectivity index (χ3n) is 7.61. The molecule has 3 aliphatic rings. The van der Waals surface area contributed by atoms with Crippen molar-refractivity contribution in [2.45, 2.75) is 30.9 Å². The van der Waals surface area contributed by atoms with E-state index >= 15 is 0 Å². The largest absolute Gasteiger partial charge is 0.507 e. The van der Waals surface area contributed by atoms with E-state index < -0.39 is 82.5 Å². The number of fused-ring (bicyclic) bond motifs is 3. The van der Waals surface area contributed by atoms with Gasteiger partial charge in [-0.2, -0.15) is 0 Å². The molecule has 6 atom stereocenters. The topological polar surface area (TPSA) is 192 Å². The van der Waals surface area contributed by atoms with Crippen molar-refractivity contribution >= 4 is 34.8 Å². The van der Waals surface area contributed by atoms with Gasteiger partial charge in [-0.15, -0.1) is 0 Å². The minimum Gasteiger partial charge on any atom is -0.507 e. The molecule has 2 unspecified atom stereocenters. The van der Waals surface area contributed by atoms with Gasteiger partial charge in [-0.3, -0.25) is 33.7 Å². The Labute approximate surface area is 199 Å². The van der Waals surface area contributed by atoms with E-state index in [2.05, 4.69) is 0 Å². The van der Waals surface area contributed by atoms with Gasteiger partial charge in [-0.05, 0) is 50.0 Å². The van der Waals surface area contributed by atoms with E-state index in [1.807, 2.05) is 0 Å². The first kappa shape index (κ1) is 24.8. The summed E-state index contributed by atoms with van der Waals surface area (Å²) in [4.78, 5) is 78.6. The van der Waals surface area contributed by atoms with Crippen LogP contribution in [0.15, 0.2) is 12.1 Å². The van der Waals surface area contributed by atoms with Gasteiger partial charge in [-0.25, -0.2) is 0 Å². The Morgan fingerprint density at radius 1 is 1.14 bits per heavy atom. The molecule has 0 radical (unpaired) electrons. The first-order valence-electron chi connectivity index (χ1n) is 11.2. The van der Waals surface area contributed by atoms with E-state index in [-0.39, 0.29) is 24.8 Å². The third-order valence-corrected chi connectivity index (χ3v) is 7.61. The van der Waals surface area contributed by atoms with Gasteiger partial charge in [0.25, 0.3) is 0 Å². The second kappa shape index (κ2) is 8.43. The molecule has 1 aromatic rings. The number of carbonyl (C=O) groups is 6. The Morgan fingerprint density at radius 3 is 2.37 bits per heavy atom. The molecule has 5 N–H and O–H groups in total. The fourth-order valence-electron chi connectivity index (χ4n) is 6.10. The highest BCUT2D eigenvalue weighted by Gasteiger charge is 2.69. The molecular weight excluding hydrogens is 460 g/mol. The van der Waals surface area contributed by atoms with Crippen LogP contribution in [-0.2, 0) is 36.8 Å². The summed E-state index contributed by atoms with van der Waals surface area (Å²) in [6, 6.07) is 1.48. The Kier molecular flexibility index (Phi) is 5.98. The molecule has 0 saturated heterocycles. The van der Waals surface area contributed by atoms with Crippen molar-refractivity contribution in [3.8, 4) is 5.75 Å². The average molecular weight is 486 g/mol. The van der Waals surface area contributed by atoms with Gasteiger partial charge < -0.3 is 21.1 Å². The Hall–Kier alpha value is -3.28. The number of rotatable bonds is 5. The van der Waals surface area contributed by atoms with Crippen LogP contribution in [0.2, 0.25) is 0 Å². The minimum atomic E-state index is -2.78. The van der Waals surface area contributed by atoms with Gasteiger partial charge in [0.05, 0.1) is 17.5 Å². The number of nitrogens with zero attached hydrogens (tertiary/aromatic N) is 1. The van der Waals surface area contributed by atoms with Crippen LogP contribution in [-0.4, -0.2) is 87.4 Å². The molecular formula is C24H26N2O9. The number of hydrogen-bond acceptors (Lipinski definition) is 10. The molecule has 0 bridgehead atoms. The molecule has 0 heterocycles. The van der Waals surface area contributed by atoms with Gasteiger partial charge in [0, 0.05) is 12.3 Å². The lowest BCUT2D eigenvalue weighted by atomic mass is 9.52. The second-order valence-electron chi connectivity index (χ2n) is 9.76. The van der Waals surface area contributed by atoms with E-state index in [0.717, 1.165) is 0 Å². The molecule has 0 spiro atoms. The summed E-state index contributed by atoms with van der Waals surface area (Å²) >= 11 is 0. The predicted molar refractivity (Wildman–Crippen MR) is 117 cm³/mol. The molecule has 4 rings (SSSR count). The molecule has 0 aromatic heterocycles. The highest BCUT2D eigenvalue weighted by atomic mass is 16.3. The molecule has 3 aliphatic carbocycles. The lowest BCUT2D eigenvalue weighted by molar-refractivity contribution is -0.181. The maximum absolute atomic E-state index is 13.7. The number of likely N-dealkylation sites (N-methyl/N-ethyl adjacent to an activating group) is 1. The van der Waals surface area contributed by atoms with Crippen LogP contribution in [0, 0.1) is 23.7 Å². The van der Waals surface area contributed by atoms with Crippen molar-refractivity contribution in [2.24, 2.45) is 29.4 Å². The number of hydrogen-bond donors (Lipinski definition) is 4. The van der Waals surface area contributed by atoms with Gasteiger partial charge in [0.1, 0.15) is 12.4 Å². The SMILES string of the molecule is CN(C)[C@@H]1C(=O)C(C(N)=O)C(=O)[C@@]2(O)C(=O)C3C(=O)c4c(O)ccc(CC(=O)CO)c4C[C@H]3C[C@@H]12. The van der Waals surface area contributed by atoms with Crippen LogP contribution in [0.3, 0.4) is 0 Å². The highest BCUT2D eigenvalue weighted by molar-refractivity contribution is 6.32. The number of nitrogens with two attached hydrogens (primary N) is 1. The second-order valence-corrected chi connectivity index (χ2v) is 9.76. The number of phenolic OH excluding ortho intramolecular Hbond substituents is 1. The van der Waals surface area contributed by atoms with Crippen molar-refractivity contribution in [3.05, 3.63) is 28.8 Å². The lowest BCUT2D eigenvalue weighted by Gasteiger charge is -2.52. The molecule has 35 heavy (non-hydrogen) atoms. The van der Waals surface area contributed by atoms with Crippen LogP contribution >= 0.6 is 0 Å². The fraction of sp³-hybridized carbons (Fsp3) is 0.500. The summed E-state index contributed by atoms with van der Waals surface area (Å²) in [6.07, 6.45) is -0.204. The molecule has 2 fully saturated rings. The fourth-order valence-corrected chi connectivity index (χ4v) is 6.10. The van der Waals surface area contributed by atoms with E-state index in [1.165, 1.54) is 31.1 Å². The molecule has 2 saturated carbocycles. The van der Waals surface area contributed by atoms with Crippen molar-refractivity contribution in [1.29, 1.82) is 0 Å². The standard InChI is InChI=1S/C24H26N2O9/c1-26(2)18-13-7-10-6-12-9(5-11(28)8-27)3-4-14(29)16(12)19(30)15(10)21(32)24(13,35)22(33)17(20(18)31)23(25)34/h3-4,10,13,15,17-18,27,29,35H,5-8H2,1-2H3,(H2,25,34)/t10-,13-,15?,17?,18-,24-/m0/s1. The first-order valence-corrected chi connectivity index (χ1v) is 11.2. The number of primary amides is 1. The zero-order valence-corrected chi connectivity index (χ0v) is 19.2. The smallest absolute Gasteiger partial charge is 0.235 e. The number of phenols is 1. The van der Waals surface area contributed by atoms with Crippen LogP contribution in [0.25, 0.3) is 0 Å². The number of aromatic hydroxyl groups is 1. The number of Topliss-reactive ketones (excluding diaryl/α,β-unsaturated/α-hetero) is 5. The quantitative estimate of drug-likeness (QED) is 0.337. The Bertz CT molecular complexity index is 1190. The summed E-state index contributed by atoms with van der Waals surface area (Å²) in [5.41, 5.74) is 3.07. The number of aliphatic hydroxyl groups excluding tert-OH is 1. The van der Waals surface area contributed by atoms with Crippen LogP contribution < -0.4 is 5.73 Å². The summed E-state index contributed by atoms with van der Waals surface area (Å²) in [5, 5.41) is 31.1. The lowest BCUT2D eigenvalue weighted by Crippen LogP contribution is -2.74. The van der Waals surface area contributed by atoms with E-state index in [0.29, 0.717) is 11.1 Å². The molecule has 11 nitrogen and oxygen atoms in total. The van der Waals surface area contributed by atoms with Crippen molar-refractivity contribution in [3.63, 3.8) is 0 Å². The number of amides is 1. The van der Waals surface area contributed by atoms with Crippen LogP contribution in [0.5, 0.6) is 5.75 Å². The molecule has 1 amide bonds. The number of benzene rings is 1. The van der Waals surface area contributed by atoms with Gasteiger partial charge in [0.2, 0.25) is 5.91 Å². The van der Waals surface area contributed by atoms with Crippen molar-refractivity contribution in [1.82, 2.24) is 4.90 Å². The highest BCUT2D eigenvalue weighted by Crippen LogP contribution is 2.51. The van der Waals surface area contributed by atoms with Gasteiger partial charge >= 0.3 is 0 Å². The van der Waals surface area contributed by atoms with E-state index in [9.17, 15) is 39.0 Å². The summed E-state index contributed by atoms with van der Waals surface area (Å²) in [7, 11) is 3.01. The maximum atomic E-state index is 13.7. The number of ketones is 5. The molecule has 1 aromatic carbocycles.